The number of aryl methyl sites for hydroxylation is 3. The highest BCUT2D eigenvalue weighted by Crippen LogP contribution is 2.14. The summed E-state index contributed by atoms with van der Waals surface area (Å²) in [6.07, 6.45) is 8.01. The second-order valence-electron chi connectivity index (χ2n) is 4.39. The molecular weight excluding hydrogens is 242 g/mol. The highest BCUT2D eigenvalue weighted by Gasteiger charge is 2.07. The van der Waals surface area contributed by atoms with Crippen LogP contribution in [0.3, 0.4) is 0 Å². The lowest BCUT2D eigenvalue weighted by atomic mass is 10.4. The smallest absolute Gasteiger partial charge is 0.165 e. The van der Waals surface area contributed by atoms with E-state index in [-0.39, 0.29) is 0 Å². The zero-order valence-electron chi connectivity index (χ0n) is 10.7. The van der Waals surface area contributed by atoms with Crippen molar-refractivity contribution in [3.05, 3.63) is 30.9 Å². The van der Waals surface area contributed by atoms with Gasteiger partial charge >= 0.3 is 0 Å². The minimum absolute atomic E-state index is 0.425. The molecule has 0 aliphatic rings. The first-order chi connectivity index (χ1) is 9.25. The van der Waals surface area contributed by atoms with Crippen molar-refractivity contribution in [2.45, 2.75) is 26.4 Å². The first kappa shape index (κ1) is 11.6. The van der Waals surface area contributed by atoms with Gasteiger partial charge in [-0.15, -0.1) is 0 Å². The molecule has 19 heavy (non-hydrogen) atoms. The molecule has 0 saturated carbocycles. The van der Waals surface area contributed by atoms with Gasteiger partial charge in [-0.05, 0) is 13.3 Å². The van der Waals surface area contributed by atoms with Gasteiger partial charge in [-0.2, -0.15) is 0 Å². The van der Waals surface area contributed by atoms with Crippen molar-refractivity contribution in [1.29, 1.82) is 0 Å². The normalized spacial score (nSPS) is 11.2. The molecule has 0 spiro atoms. The standard InChI is InChI=1S/C12H15N7/c1-9-14-3-6-18(9)4-2-5-19-8-17-10-11(13)15-7-16-12(10)19/h3,6-8H,2,4-5H2,1H3,(H2,13,15,16). The third-order valence-electron chi connectivity index (χ3n) is 3.15. The van der Waals surface area contributed by atoms with E-state index in [1.807, 2.05) is 23.9 Å². The van der Waals surface area contributed by atoms with Crippen molar-refractivity contribution in [3.8, 4) is 0 Å². The van der Waals surface area contributed by atoms with Crippen LogP contribution in [-0.4, -0.2) is 29.1 Å². The lowest BCUT2D eigenvalue weighted by Crippen LogP contribution is -2.05. The average molecular weight is 257 g/mol. The van der Waals surface area contributed by atoms with Crippen LogP contribution in [0.5, 0.6) is 0 Å². The van der Waals surface area contributed by atoms with E-state index in [1.165, 1.54) is 6.33 Å². The molecule has 0 saturated heterocycles. The fourth-order valence-electron chi connectivity index (χ4n) is 2.11. The van der Waals surface area contributed by atoms with Gasteiger partial charge < -0.3 is 14.9 Å². The van der Waals surface area contributed by atoms with Gasteiger partial charge in [0, 0.05) is 25.5 Å². The Morgan fingerprint density at radius 3 is 2.74 bits per heavy atom. The molecule has 0 bridgehead atoms. The Bertz CT molecular complexity index is 697. The summed E-state index contributed by atoms with van der Waals surface area (Å²) in [7, 11) is 0. The molecule has 7 nitrogen and oxygen atoms in total. The number of anilines is 1. The molecule has 0 aromatic carbocycles. The molecule has 0 aliphatic carbocycles. The second-order valence-corrected chi connectivity index (χ2v) is 4.39. The van der Waals surface area contributed by atoms with Crippen molar-refractivity contribution >= 4 is 17.0 Å². The third kappa shape index (κ3) is 2.14. The van der Waals surface area contributed by atoms with Crippen LogP contribution in [0.15, 0.2) is 25.0 Å². The minimum atomic E-state index is 0.425. The Hall–Kier alpha value is -2.44. The molecule has 2 N–H and O–H groups in total. The largest absolute Gasteiger partial charge is 0.382 e. The number of hydrogen-bond donors (Lipinski definition) is 1. The zero-order chi connectivity index (χ0) is 13.2. The predicted octanol–water partition coefficient (Wildman–Crippen LogP) is 1.00. The topological polar surface area (TPSA) is 87.4 Å². The van der Waals surface area contributed by atoms with Crippen LogP contribution in [-0.2, 0) is 13.1 Å². The van der Waals surface area contributed by atoms with Gasteiger partial charge in [0.05, 0.1) is 6.33 Å². The molecule has 0 amide bonds. The van der Waals surface area contributed by atoms with E-state index >= 15 is 0 Å². The number of nitrogen functional groups attached to an aromatic ring is 1. The van der Waals surface area contributed by atoms with Crippen LogP contribution < -0.4 is 5.73 Å². The summed E-state index contributed by atoms with van der Waals surface area (Å²) in [6, 6.07) is 0. The van der Waals surface area contributed by atoms with E-state index in [0.29, 0.717) is 11.3 Å². The molecule has 0 fully saturated rings. The van der Waals surface area contributed by atoms with E-state index in [9.17, 15) is 0 Å². The lowest BCUT2D eigenvalue weighted by Gasteiger charge is -2.06. The van der Waals surface area contributed by atoms with Crippen LogP contribution in [0.2, 0.25) is 0 Å². The fraction of sp³-hybridized carbons (Fsp3) is 0.333. The van der Waals surface area contributed by atoms with E-state index in [2.05, 4.69) is 24.5 Å². The van der Waals surface area contributed by atoms with Crippen LogP contribution in [0.4, 0.5) is 5.82 Å². The summed E-state index contributed by atoms with van der Waals surface area (Å²) in [5, 5.41) is 0. The fourth-order valence-corrected chi connectivity index (χ4v) is 2.11. The van der Waals surface area contributed by atoms with Gasteiger partial charge in [-0.1, -0.05) is 0 Å². The molecule has 0 radical (unpaired) electrons. The first-order valence-electron chi connectivity index (χ1n) is 6.15. The summed E-state index contributed by atoms with van der Waals surface area (Å²) in [6.45, 7) is 3.76. The summed E-state index contributed by atoms with van der Waals surface area (Å²) < 4.78 is 4.13. The van der Waals surface area contributed by atoms with Gasteiger partial charge in [-0.3, -0.25) is 0 Å². The SMILES string of the molecule is Cc1nccn1CCCn1cnc2c(N)ncnc21. The van der Waals surface area contributed by atoms with E-state index < -0.39 is 0 Å². The Balaban J connectivity index is 1.72. The van der Waals surface area contributed by atoms with Crippen LogP contribution >= 0.6 is 0 Å². The average Bonchev–Trinajstić information content (AvgIpc) is 2.98. The van der Waals surface area contributed by atoms with E-state index in [4.69, 9.17) is 5.73 Å². The highest BCUT2D eigenvalue weighted by atomic mass is 15.1. The van der Waals surface area contributed by atoms with Crippen molar-refractivity contribution < 1.29 is 0 Å². The molecule has 98 valence electrons. The summed E-state index contributed by atoms with van der Waals surface area (Å²) >= 11 is 0. The molecule has 7 heteroatoms. The van der Waals surface area contributed by atoms with Gasteiger partial charge in [0.15, 0.2) is 11.5 Å². The third-order valence-corrected chi connectivity index (χ3v) is 3.15. The molecule has 3 aromatic heterocycles. The highest BCUT2D eigenvalue weighted by molar-refractivity contribution is 5.80. The predicted molar refractivity (Wildman–Crippen MR) is 71.3 cm³/mol. The molecule has 0 atom stereocenters. The molecular formula is C12H15N7. The molecule has 0 aliphatic heterocycles. The monoisotopic (exact) mass is 257 g/mol. The lowest BCUT2D eigenvalue weighted by molar-refractivity contribution is 0.560. The Morgan fingerprint density at radius 2 is 1.95 bits per heavy atom. The van der Waals surface area contributed by atoms with Gasteiger partial charge in [0.1, 0.15) is 17.7 Å². The van der Waals surface area contributed by atoms with Crippen LogP contribution in [0.1, 0.15) is 12.2 Å². The number of aromatic nitrogens is 6. The first-order valence-corrected chi connectivity index (χ1v) is 6.15. The summed E-state index contributed by atoms with van der Waals surface area (Å²) in [5.74, 6) is 1.45. The second kappa shape index (κ2) is 4.68. The number of nitrogens with zero attached hydrogens (tertiary/aromatic N) is 6. The van der Waals surface area contributed by atoms with E-state index in [1.54, 1.807) is 6.33 Å². The maximum Gasteiger partial charge on any atom is 0.165 e. The van der Waals surface area contributed by atoms with Gasteiger partial charge in [-0.25, -0.2) is 19.9 Å². The molecule has 0 unspecified atom stereocenters. The van der Waals surface area contributed by atoms with Crippen molar-refractivity contribution in [3.63, 3.8) is 0 Å². The Kier molecular flexibility index (Phi) is 2.86. The zero-order valence-corrected chi connectivity index (χ0v) is 10.7. The van der Waals surface area contributed by atoms with Crippen molar-refractivity contribution in [2.75, 3.05) is 5.73 Å². The maximum absolute atomic E-state index is 5.76. The number of imidazole rings is 2. The number of hydrogen-bond acceptors (Lipinski definition) is 5. The summed E-state index contributed by atoms with van der Waals surface area (Å²) in [4.78, 5) is 16.6. The van der Waals surface area contributed by atoms with Crippen molar-refractivity contribution in [2.24, 2.45) is 0 Å². The number of fused-ring (bicyclic) bond motifs is 1. The molecule has 3 rings (SSSR count). The summed E-state index contributed by atoms with van der Waals surface area (Å²) in [5.41, 5.74) is 7.21. The van der Waals surface area contributed by atoms with Gasteiger partial charge in [0.25, 0.3) is 0 Å². The van der Waals surface area contributed by atoms with Crippen LogP contribution in [0, 0.1) is 6.92 Å². The Morgan fingerprint density at radius 1 is 1.11 bits per heavy atom. The van der Waals surface area contributed by atoms with Crippen LogP contribution in [0.25, 0.3) is 11.2 Å². The van der Waals surface area contributed by atoms with Crippen molar-refractivity contribution in [1.82, 2.24) is 29.1 Å². The molecule has 3 heterocycles. The minimum Gasteiger partial charge on any atom is -0.382 e. The number of nitrogens with two attached hydrogens (primary N) is 1. The Labute approximate surface area is 110 Å². The van der Waals surface area contributed by atoms with Gasteiger partial charge in [0.2, 0.25) is 0 Å². The maximum atomic E-state index is 5.76. The number of rotatable bonds is 4. The quantitative estimate of drug-likeness (QED) is 0.753. The van der Waals surface area contributed by atoms with E-state index in [0.717, 1.165) is 31.0 Å². The molecule has 3 aromatic rings.